The van der Waals surface area contributed by atoms with Crippen molar-refractivity contribution in [3.05, 3.63) is 34.4 Å². The molecule has 0 aliphatic heterocycles. The molecule has 0 spiro atoms. The molecule has 1 aromatic rings. The van der Waals surface area contributed by atoms with Crippen molar-refractivity contribution in [2.45, 2.75) is 89.4 Å². The summed E-state index contributed by atoms with van der Waals surface area (Å²) in [6.45, 7) is 5.38. The predicted octanol–water partition coefficient (Wildman–Crippen LogP) is 2.96. The van der Waals surface area contributed by atoms with Crippen molar-refractivity contribution < 1.29 is 29.0 Å². The van der Waals surface area contributed by atoms with Crippen molar-refractivity contribution >= 4 is 11.8 Å². The summed E-state index contributed by atoms with van der Waals surface area (Å²) >= 11 is 0. The van der Waals surface area contributed by atoms with E-state index in [4.69, 9.17) is 9.15 Å². The van der Waals surface area contributed by atoms with Crippen LogP contribution in [0.3, 0.4) is 0 Å². The highest BCUT2D eigenvalue weighted by Gasteiger charge is 2.73. The Balaban J connectivity index is 1.60. The van der Waals surface area contributed by atoms with E-state index < -0.39 is 34.6 Å². The third-order valence-corrected chi connectivity index (χ3v) is 10.1. The molecule has 2 N–H and O–H groups in total. The second-order valence-corrected chi connectivity index (χ2v) is 11.4. The number of Topliss-reactive ketones (excluding diaryl/α,β-unsaturated/α-hetero) is 1. The number of ether oxygens (including phenoxy) is 1. The molecule has 0 bridgehead atoms. The molecule has 4 aliphatic rings. The number of hydrogen-bond acceptors (Lipinski definition) is 7. The number of esters is 1. The molecule has 33 heavy (non-hydrogen) atoms. The lowest BCUT2D eigenvalue weighted by atomic mass is 9.43. The van der Waals surface area contributed by atoms with E-state index in [-0.39, 0.29) is 35.6 Å². The molecule has 0 amide bonds. The number of fused-ring (bicyclic) bond motifs is 5. The smallest absolute Gasteiger partial charge is 0.335 e. The number of carbonyl (C=O) groups is 2. The van der Waals surface area contributed by atoms with E-state index in [1.165, 1.54) is 19.3 Å². The van der Waals surface area contributed by atoms with E-state index in [2.05, 4.69) is 6.92 Å². The Morgan fingerprint density at radius 2 is 1.91 bits per heavy atom. The van der Waals surface area contributed by atoms with Gasteiger partial charge in [-0.3, -0.25) is 9.59 Å². The Morgan fingerprint density at radius 3 is 2.58 bits per heavy atom. The van der Waals surface area contributed by atoms with Crippen molar-refractivity contribution in [2.75, 3.05) is 0 Å². The summed E-state index contributed by atoms with van der Waals surface area (Å²) in [5.41, 5.74) is -2.51. The first-order valence-corrected chi connectivity index (χ1v) is 12.2. The summed E-state index contributed by atoms with van der Waals surface area (Å²) < 4.78 is 10.8. The van der Waals surface area contributed by atoms with Gasteiger partial charge in [0.1, 0.15) is 11.9 Å². The SMILES string of the molecule is CC(=O)O[C@H]1C[C@]2(O)[C@@H]3CC[C@@H]4C[C@@H](O)CC[C@]4(C)[C@H]3CC(=O)[C@]2(C)[C@H]1c1ccc(=O)oc1. The van der Waals surface area contributed by atoms with Crippen LogP contribution < -0.4 is 5.63 Å². The zero-order valence-electron chi connectivity index (χ0n) is 19.6. The van der Waals surface area contributed by atoms with Crippen molar-refractivity contribution in [1.29, 1.82) is 0 Å². The minimum atomic E-state index is -1.34. The number of ketones is 1. The normalized spacial score (nSPS) is 46.8. The van der Waals surface area contributed by atoms with E-state index in [0.717, 1.165) is 32.1 Å². The highest BCUT2D eigenvalue weighted by atomic mass is 16.5. The number of hydrogen-bond donors (Lipinski definition) is 2. The van der Waals surface area contributed by atoms with Gasteiger partial charge in [-0.05, 0) is 73.8 Å². The van der Waals surface area contributed by atoms with Crippen LogP contribution >= 0.6 is 0 Å². The molecular weight excluding hydrogens is 424 g/mol. The monoisotopic (exact) mass is 458 g/mol. The molecular formula is C26H34O7. The molecule has 0 aromatic carbocycles. The largest absolute Gasteiger partial charge is 0.462 e. The Kier molecular flexibility index (Phi) is 5.18. The van der Waals surface area contributed by atoms with Crippen LogP contribution in [0.1, 0.15) is 77.2 Å². The third kappa shape index (κ3) is 3.11. The van der Waals surface area contributed by atoms with Crippen LogP contribution in [0.15, 0.2) is 27.6 Å². The van der Waals surface area contributed by atoms with Crippen LogP contribution in [0.5, 0.6) is 0 Å². The fourth-order valence-electron chi connectivity index (χ4n) is 8.38. The van der Waals surface area contributed by atoms with Crippen LogP contribution in [0.25, 0.3) is 0 Å². The lowest BCUT2D eigenvalue weighted by Gasteiger charge is -2.62. The maximum atomic E-state index is 14.0. The molecule has 1 heterocycles. The molecule has 180 valence electrons. The molecule has 7 heteroatoms. The zero-order valence-corrected chi connectivity index (χ0v) is 19.6. The van der Waals surface area contributed by atoms with Gasteiger partial charge < -0.3 is 19.4 Å². The molecule has 0 saturated heterocycles. The summed E-state index contributed by atoms with van der Waals surface area (Å²) in [7, 11) is 0. The van der Waals surface area contributed by atoms with Gasteiger partial charge in [0, 0.05) is 31.7 Å². The van der Waals surface area contributed by atoms with Gasteiger partial charge >= 0.3 is 11.6 Å². The first-order chi connectivity index (χ1) is 15.5. The van der Waals surface area contributed by atoms with Gasteiger partial charge in [-0.1, -0.05) is 6.92 Å². The van der Waals surface area contributed by atoms with E-state index in [1.807, 2.05) is 6.92 Å². The number of aliphatic hydroxyl groups is 2. The van der Waals surface area contributed by atoms with Crippen LogP contribution in [0, 0.1) is 28.6 Å². The van der Waals surface area contributed by atoms with Gasteiger partial charge in [-0.15, -0.1) is 0 Å². The molecule has 9 atom stereocenters. The molecule has 4 fully saturated rings. The zero-order chi connectivity index (χ0) is 23.8. The maximum Gasteiger partial charge on any atom is 0.335 e. The first kappa shape index (κ1) is 22.8. The van der Waals surface area contributed by atoms with Crippen LogP contribution in [-0.2, 0) is 14.3 Å². The highest BCUT2D eigenvalue weighted by molar-refractivity contribution is 5.89. The number of rotatable bonds is 2. The van der Waals surface area contributed by atoms with Crippen molar-refractivity contribution in [3.63, 3.8) is 0 Å². The Bertz CT molecular complexity index is 1010. The molecule has 1 aromatic heterocycles. The predicted molar refractivity (Wildman–Crippen MR) is 118 cm³/mol. The number of carbonyl (C=O) groups excluding carboxylic acids is 2. The van der Waals surface area contributed by atoms with Crippen LogP contribution in [0.2, 0.25) is 0 Å². The van der Waals surface area contributed by atoms with Crippen molar-refractivity contribution in [1.82, 2.24) is 0 Å². The molecule has 4 saturated carbocycles. The Labute approximate surface area is 193 Å². The van der Waals surface area contributed by atoms with Crippen molar-refractivity contribution in [2.24, 2.45) is 28.6 Å². The molecule has 0 radical (unpaired) electrons. The quantitative estimate of drug-likeness (QED) is 0.655. The summed E-state index contributed by atoms with van der Waals surface area (Å²) in [5.74, 6) is -0.814. The van der Waals surface area contributed by atoms with Gasteiger partial charge in [0.15, 0.2) is 0 Å². The van der Waals surface area contributed by atoms with Gasteiger partial charge in [0.2, 0.25) is 0 Å². The molecule has 5 rings (SSSR count). The van der Waals surface area contributed by atoms with Crippen LogP contribution in [-0.4, -0.2) is 39.8 Å². The second kappa shape index (κ2) is 7.51. The standard InChI is InChI=1S/C26H34O7/c1-14(27)33-20-12-26(31)18-6-5-16-10-17(28)8-9-24(16,2)19(18)11-21(29)25(26,3)23(20)15-4-7-22(30)32-13-15/h4,7,13,16-20,23,28,31H,5-6,8-12H2,1-3H3/t16-,17+,18-,19+,20+,23+,24+,25-,26+/m1/s1. The van der Waals surface area contributed by atoms with Gasteiger partial charge in [-0.2, -0.15) is 0 Å². The van der Waals surface area contributed by atoms with E-state index >= 15 is 0 Å². The van der Waals surface area contributed by atoms with E-state index in [1.54, 1.807) is 6.07 Å². The first-order valence-electron chi connectivity index (χ1n) is 12.2. The van der Waals surface area contributed by atoms with E-state index in [0.29, 0.717) is 17.9 Å². The maximum absolute atomic E-state index is 14.0. The second-order valence-electron chi connectivity index (χ2n) is 11.4. The summed E-state index contributed by atoms with van der Waals surface area (Å²) in [6, 6.07) is 2.92. The third-order valence-electron chi connectivity index (χ3n) is 10.1. The Morgan fingerprint density at radius 1 is 1.15 bits per heavy atom. The fourth-order valence-corrected chi connectivity index (χ4v) is 8.38. The van der Waals surface area contributed by atoms with Gasteiger partial charge in [0.25, 0.3) is 0 Å². The van der Waals surface area contributed by atoms with Crippen molar-refractivity contribution in [3.8, 4) is 0 Å². The lowest BCUT2D eigenvalue weighted by molar-refractivity contribution is -0.203. The summed E-state index contributed by atoms with van der Waals surface area (Å²) in [6.07, 6.45) is 4.92. The topological polar surface area (TPSA) is 114 Å². The van der Waals surface area contributed by atoms with Gasteiger partial charge in [-0.25, -0.2) is 4.79 Å². The summed E-state index contributed by atoms with van der Waals surface area (Å²) in [5, 5.41) is 22.7. The summed E-state index contributed by atoms with van der Waals surface area (Å²) in [4.78, 5) is 37.6. The van der Waals surface area contributed by atoms with E-state index in [9.17, 15) is 24.6 Å². The van der Waals surface area contributed by atoms with Gasteiger partial charge in [0.05, 0.1) is 23.4 Å². The molecule has 0 unspecified atom stereocenters. The molecule has 7 nitrogen and oxygen atoms in total. The average molecular weight is 459 g/mol. The lowest BCUT2D eigenvalue weighted by Crippen LogP contribution is -2.65. The highest BCUT2D eigenvalue weighted by Crippen LogP contribution is 2.69. The molecule has 4 aliphatic carbocycles. The average Bonchev–Trinajstić information content (AvgIpc) is 2.98. The Hall–Kier alpha value is -1.99. The van der Waals surface area contributed by atoms with Crippen LogP contribution in [0.4, 0.5) is 0 Å². The number of aliphatic hydroxyl groups excluding tert-OH is 1. The minimum Gasteiger partial charge on any atom is -0.462 e. The fraction of sp³-hybridized carbons (Fsp3) is 0.731. The minimum absolute atomic E-state index is 0.0231.